The number of halogens is 2. The first-order valence-electron chi connectivity index (χ1n) is 5.52. The standard InChI is InChI=1S/C14H10ClN3.ClH/c15-10-6-7-12-11(8-10)13(18-14(16)17-12)9-4-2-1-3-5-9;/h1-8H,(H2,16,17,18);1H. The van der Waals surface area contributed by atoms with Crippen LogP contribution in [0.3, 0.4) is 0 Å². The number of fused-ring (bicyclic) bond motifs is 1. The third-order valence-electron chi connectivity index (χ3n) is 2.72. The van der Waals surface area contributed by atoms with Crippen LogP contribution in [0.25, 0.3) is 22.2 Å². The third kappa shape index (κ3) is 2.62. The maximum absolute atomic E-state index is 6.03. The van der Waals surface area contributed by atoms with Crippen LogP contribution in [0.5, 0.6) is 0 Å². The highest BCUT2D eigenvalue weighted by molar-refractivity contribution is 6.31. The summed E-state index contributed by atoms with van der Waals surface area (Å²) in [4.78, 5) is 8.53. The highest BCUT2D eigenvalue weighted by Crippen LogP contribution is 2.28. The molecule has 19 heavy (non-hydrogen) atoms. The van der Waals surface area contributed by atoms with E-state index in [1.54, 1.807) is 6.07 Å². The van der Waals surface area contributed by atoms with Gasteiger partial charge in [0.2, 0.25) is 5.95 Å². The number of rotatable bonds is 1. The molecule has 0 aliphatic rings. The van der Waals surface area contributed by atoms with E-state index in [0.29, 0.717) is 5.02 Å². The quantitative estimate of drug-likeness (QED) is 0.738. The van der Waals surface area contributed by atoms with Crippen LogP contribution >= 0.6 is 24.0 Å². The van der Waals surface area contributed by atoms with Gasteiger partial charge in [-0.3, -0.25) is 0 Å². The Labute approximate surface area is 121 Å². The monoisotopic (exact) mass is 291 g/mol. The van der Waals surface area contributed by atoms with Crippen molar-refractivity contribution in [2.75, 3.05) is 5.73 Å². The minimum absolute atomic E-state index is 0. The molecule has 3 rings (SSSR count). The van der Waals surface area contributed by atoms with Crippen molar-refractivity contribution in [3.8, 4) is 11.3 Å². The van der Waals surface area contributed by atoms with Gasteiger partial charge in [0.15, 0.2) is 0 Å². The van der Waals surface area contributed by atoms with Crippen LogP contribution in [0.4, 0.5) is 5.95 Å². The van der Waals surface area contributed by atoms with Crippen molar-refractivity contribution in [1.29, 1.82) is 0 Å². The molecule has 5 heteroatoms. The fourth-order valence-corrected chi connectivity index (χ4v) is 2.11. The molecule has 3 nitrogen and oxygen atoms in total. The lowest BCUT2D eigenvalue weighted by molar-refractivity contribution is 1.24. The zero-order valence-electron chi connectivity index (χ0n) is 9.88. The molecule has 2 N–H and O–H groups in total. The highest BCUT2D eigenvalue weighted by Gasteiger charge is 2.08. The topological polar surface area (TPSA) is 51.8 Å². The van der Waals surface area contributed by atoms with E-state index in [4.69, 9.17) is 17.3 Å². The summed E-state index contributed by atoms with van der Waals surface area (Å²) in [5.41, 5.74) is 8.35. The van der Waals surface area contributed by atoms with Crippen LogP contribution in [0.2, 0.25) is 5.02 Å². The van der Waals surface area contributed by atoms with E-state index in [2.05, 4.69) is 9.97 Å². The molecule has 0 aliphatic heterocycles. The van der Waals surface area contributed by atoms with Crippen LogP contribution in [0.1, 0.15) is 0 Å². The molecule has 0 spiro atoms. The second kappa shape index (κ2) is 5.43. The lowest BCUT2D eigenvalue weighted by Crippen LogP contribution is -1.98. The molecule has 0 radical (unpaired) electrons. The summed E-state index contributed by atoms with van der Waals surface area (Å²) >= 11 is 6.03. The summed E-state index contributed by atoms with van der Waals surface area (Å²) in [5, 5.41) is 1.57. The van der Waals surface area contributed by atoms with Crippen molar-refractivity contribution in [3.63, 3.8) is 0 Å². The van der Waals surface area contributed by atoms with E-state index in [9.17, 15) is 0 Å². The first-order chi connectivity index (χ1) is 8.74. The Kier molecular flexibility index (Phi) is 3.88. The molecule has 0 bridgehead atoms. The predicted molar refractivity (Wildman–Crippen MR) is 81.6 cm³/mol. The Bertz CT molecular complexity index is 714. The third-order valence-corrected chi connectivity index (χ3v) is 2.96. The highest BCUT2D eigenvalue weighted by atomic mass is 35.5. The summed E-state index contributed by atoms with van der Waals surface area (Å²) in [7, 11) is 0. The van der Waals surface area contributed by atoms with Gasteiger partial charge in [0.05, 0.1) is 11.2 Å². The number of nitrogen functional groups attached to an aromatic ring is 1. The molecular weight excluding hydrogens is 281 g/mol. The molecule has 2 aromatic carbocycles. The van der Waals surface area contributed by atoms with Gasteiger partial charge in [-0.05, 0) is 18.2 Å². The van der Waals surface area contributed by atoms with Crippen molar-refractivity contribution in [2.24, 2.45) is 0 Å². The van der Waals surface area contributed by atoms with Gasteiger partial charge in [0.1, 0.15) is 0 Å². The molecule has 0 atom stereocenters. The Morgan fingerprint density at radius 3 is 2.42 bits per heavy atom. The summed E-state index contributed by atoms with van der Waals surface area (Å²) in [5.74, 6) is 0.267. The largest absolute Gasteiger partial charge is 0.368 e. The number of aromatic nitrogens is 2. The minimum atomic E-state index is 0. The maximum atomic E-state index is 6.03. The molecule has 96 valence electrons. The van der Waals surface area contributed by atoms with Crippen molar-refractivity contribution < 1.29 is 0 Å². The van der Waals surface area contributed by atoms with Crippen LogP contribution in [-0.4, -0.2) is 9.97 Å². The molecule has 3 aromatic rings. The summed E-state index contributed by atoms with van der Waals surface area (Å²) < 4.78 is 0. The second-order valence-electron chi connectivity index (χ2n) is 3.96. The van der Waals surface area contributed by atoms with Crippen molar-refractivity contribution in [2.45, 2.75) is 0 Å². The molecular formula is C14H11Cl2N3. The molecule has 0 amide bonds. The molecule has 0 aliphatic carbocycles. The Balaban J connectivity index is 0.00000133. The van der Waals surface area contributed by atoms with E-state index in [1.165, 1.54) is 0 Å². The van der Waals surface area contributed by atoms with Gasteiger partial charge < -0.3 is 5.73 Å². The fraction of sp³-hybridized carbons (Fsp3) is 0. The van der Waals surface area contributed by atoms with Gasteiger partial charge in [0, 0.05) is 16.0 Å². The first-order valence-corrected chi connectivity index (χ1v) is 5.90. The fourth-order valence-electron chi connectivity index (χ4n) is 1.93. The summed E-state index contributed by atoms with van der Waals surface area (Å²) in [6.45, 7) is 0. The minimum Gasteiger partial charge on any atom is -0.368 e. The van der Waals surface area contributed by atoms with E-state index >= 15 is 0 Å². The SMILES string of the molecule is Cl.Nc1nc(-c2ccccc2)c2cc(Cl)ccc2n1. The predicted octanol–water partition coefficient (Wildman–Crippen LogP) is 3.95. The van der Waals surface area contributed by atoms with Crippen LogP contribution in [0.15, 0.2) is 48.5 Å². The number of benzene rings is 2. The molecule has 0 saturated carbocycles. The van der Waals surface area contributed by atoms with Crippen LogP contribution < -0.4 is 5.73 Å². The number of anilines is 1. The zero-order valence-corrected chi connectivity index (χ0v) is 11.4. The van der Waals surface area contributed by atoms with Crippen LogP contribution in [-0.2, 0) is 0 Å². The smallest absolute Gasteiger partial charge is 0.221 e. The molecule has 0 unspecified atom stereocenters. The average molecular weight is 292 g/mol. The normalized spacial score (nSPS) is 10.2. The van der Waals surface area contributed by atoms with E-state index in [0.717, 1.165) is 22.2 Å². The van der Waals surface area contributed by atoms with Crippen molar-refractivity contribution in [1.82, 2.24) is 9.97 Å². The zero-order chi connectivity index (χ0) is 12.5. The Morgan fingerprint density at radius 2 is 1.68 bits per heavy atom. The lowest BCUT2D eigenvalue weighted by Gasteiger charge is -2.07. The molecule has 1 aromatic heterocycles. The van der Waals surface area contributed by atoms with Gasteiger partial charge in [-0.15, -0.1) is 12.4 Å². The van der Waals surface area contributed by atoms with Gasteiger partial charge in [-0.25, -0.2) is 9.97 Å². The number of nitrogens with zero attached hydrogens (tertiary/aromatic N) is 2. The lowest BCUT2D eigenvalue weighted by atomic mass is 10.1. The average Bonchev–Trinajstić information content (AvgIpc) is 2.39. The van der Waals surface area contributed by atoms with Gasteiger partial charge in [-0.2, -0.15) is 0 Å². The second-order valence-corrected chi connectivity index (χ2v) is 4.39. The molecule has 1 heterocycles. The van der Waals surface area contributed by atoms with Gasteiger partial charge in [-0.1, -0.05) is 41.9 Å². The number of nitrogens with two attached hydrogens (primary N) is 1. The van der Waals surface area contributed by atoms with Crippen molar-refractivity contribution >= 4 is 40.9 Å². The first kappa shape index (κ1) is 13.6. The van der Waals surface area contributed by atoms with E-state index < -0.39 is 0 Å². The summed E-state index contributed by atoms with van der Waals surface area (Å²) in [6.07, 6.45) is 0. The van der Waals surface area contributed by atoms with Gasteiger partial charge >= 0.3 is 0 Å². The van der Waals surface area contributed by atoms with Crippen molar-refractivity contribution in [3.05, 3.63) is 53.6 Å². The summed E-state index contributed by atoms with van der Waals surface area (Å²) in [6, 6.07) is 15.4. The Morgan fingerprint density at radius 1 is 0.947 bits per heavy atom. The molecule has 0 fully saturated rings. The Hall–Kier alpha value is -1.84. The van der Waals surface area contributed by atoms with E-state index in [1.807, 2.05) is 42.5 Å². The number of hydrogen-bond acceptors (Lipinski definition) is 3. The van der Waals surface area contributed by atoms with Gasteiger partial charge in [0.25, 0.3) is 0 Å². The molecule has 0 saturated heterocycles. The van der Waals surface area contributed by atoms with Crippen LogP contribution in [0, 0.1) is 0 Å². The maximum Gasteiger partial charge on any atom is 0.221 e. The number of hydrogen-bond donors (Lipinski definition) is 1. The van der Waals surface area contributed by atoms with E-state index in [-0.39, 0.29) is 18.4 Å².